The summed E-state index contributed by atoms with van der Waals surface area (Å²) in [6, 6.07) is 0. The van der Waals surface area contributed by atoms with Gasteiger partial charge in [-0.3, -0.25) is 9.59 Å². The molecule has 0 spiro atoms. The first-order valence-corrected chi connectivity index (χ1v) is 5.06. The average molecular weight is 251 g/mol. The number of carbonyl (C=O) groups excluding carboxylic acids is 2. The van der Waals surface area contributed by atoms with Crippen LogP contribution in [-0.4, -0.2) is 41.7 Å². The number of nitrogens with zero attached hydrogens (tertiary/aromatic N) is 1. The lowest BCUT2D eigenvalue weighted by Gasteiger charge is -2.14. The first-order chi connectivity index (χ1) is 5.99. The summed E-state index contributed by atoms with van der Waals surface area (Å²) in [5.41, 5.74) is 0. The van der Waals surface area contributed by atoms with Gasteiger partial charge in [0.25, 0.3) is 0 Å². The van der Waals surface area contributed by atoms with Crippen LogP contribution in [-0.2, 0) is 9.59 Å². The van der Waals surface area contributed by atoms with Crippen LogP contribution in [0.15, 0.2) is 0 Å². The summed E-state index contributed by atoms with van der Waals surface area (Å²) in [5, 5.41) is 2.52. The zero-order valence-corrected chi connectivity index (χ0v) is 9.72. The number of halogens is 1. The molecule has 0 heterocycles. The maximum absolute atomic E-state index is 11.2. The quantitative estimate of drug-likeness (QED) is 0.733. The second-order valence-electron chi connectivity index (χ2n) is 2.74. The third kappa shape index (κ3) is 4.87. The minimum absolute atomic E-state index is 0.0686. The van der Waals surface area contributed by atoms with Crippen molar-refractivity contribution in [3.63, 3.8) is 0 Å². The molecule has 0 aromatic heterocycles. The molecule has 0 saturated heterocycles. The van der Waals surface area contributed by atoms with E-state index in [0.717, 1.165) is 0 Å². The van der Waals surface area contributed by atoms with Gasteiger partial charge < -0.3 is 10.2 Å². The van der Waals surface area contributed by atoms with Crippen molar-refractivity contribution in [3.8, 4) is 0 Å². The summed E-state index contributed by atoms with van der Waals surface area (Å²) in [5.74, 6) is -0.248. The second kappa shape index (κ2) is 5.96. The Hall–Kier alpha value is -0.580. The average Bonchev–Trinajstić information content (AvgIpc) is 2.11. The first kappa shape index (κ1) is 12.4. The fraction of sp³-hybridized carbons (Fsp3) is 0.750. The normalized spacial score (nSPS) is 12.0. The Labute approximate surface area is 86.8 Å². The van der Waals surface area contributed by atoms with Gasteiger partial charge in [-0.1, -0.05) is 15.9 Å². The number of carbonyl (C=O) groups is 2. The molecule has 0 radical (unpaired) electrons. The Kier molecular flexibility index (Phi) is 5.70. The van der Waals surface area contributed by atoms with Crippen LogP contribution in [0.2, 0.25) is 0 Å². The number of likely N-dealkylation sites (N-methyl/N-ethyl adjacent to an activating group) is 1. The van der Waals surface area contributed by atoms with Gasteiger partial charge in [0.1, 0.15) is 0 Å². The van der Waals surface area contributed by atoms with Crippen molar-refractivity contribution in [2.75, 3.05) is 20.1 Å². The van der Waals surface area contributed by atoms with Gasteiger partial charge in [-0.15, -0.1) is 0 Å². The zero-order valence-electron chi connectivity index (χ0n) is 8.13. The third-order valence-corrected chi connectivity index (χ3v) is 2.09. The van der Waals surface area contributed by atoms with E-state index in [0.29, 0.717) is 6.54 Å². The van der Waals surface area contributed by atoms with Gasteiger partial charge in [-0.05, 0) is 13.8 Å². The van der Waals surface area contributed by atoms with E-state index in [1.807, 2.05) is 6.92 Å². The zero-order chi connectivity index (χ0) is 10.4. The lowest BCUT2D eigenvalue weighted by molar-refractivity contribution is -0.131. The molecule has 1 N–H and O–H groups in total. The minimum atomic E-state index is -0.257. The van der Waals surface area contributed by atoms with Crippen molar-refractivity contribution in [2.24, 2.45) is 0 Å². The molecule has 0 bridgehead atoms. The van der Waals surface area contributed by atoms with Crippen LogP contribution >= 0.6 is 15.9 Å². The number of amides is 2. The molecule has 76 valence electrons. The van der Waals surface area contributed by atoms with Crippen LogP contribution in [0.1, 0.15) is 13.8 Å². The monoisotopic (exact) mass is 250 g/mol. The highest BCUT2D eigenvalue weighted by Gasteiger charge is 2.11. The van der Waals surface area contributed by atoms with E-state index in [2.05, 4.69) is 21.2 Å². The molecule has 0 fully saturated rings. The summed E-state index contributed by atoms with van der Waals surface area (Å²) in [6.07, 6.45) is 0. The Morgan fingerprint density at radius 1 is 1.54 bits per heavy atom. The molecule has 4 nitrogen and oxygen atoms in total. The summed E-state index contributed by atoms with van der Waals surface area (Å²) >= 11 is 3.11. The van der Waals surface area contributed by atoms with Crippen molar-refractivity contribution in [3.05, 3.63) is 0 Å². The van der Waals surface area contributed by atoms with Gasteiger partial charge in [-0.25, -0.2) is 0 Å². The predicted octanol–water partition coefficient (Wildman–Crippen LogP) is 0.364. The summed E-state index contributed by atoms with van der Waals surface area (Å²) in [6.45, 7) is 4.31. The molecule has 1 unspecified atom stereocenters. The molecule has 13 heavy (non-hydrogen) atoms. The van der Waals surface area contributed by atoms with Crippen LogP contribution < -0.4 is 5.32 Å². The number of rotatable bonds is 4. The molecule has 0 saturated carbocycles. The molecule has 5 heteroatoms. The molecule has 1 atom stereocenters. The van der Waals surface area contributed by atoms with Gasteiger partial charge in [-0.2, -0.15) is 0 Å². The van der Waals surface area contributed by atoms with E-state index in [-0.39, 0.29) is 23.2 Å². The summed E-state index contributed by atoms with van der Waals surface area (Å²) in [4.78, 5) is 23.5. The molecule has 0 rings (SSSR count). The van der Waals surface area contributed by atoms with Gasteiger partial charge in [0.05, 0.1) is 11.4 Å². The van der Waals surface area contributed by atoms with Crippen LogP contribution in [0.25, 0.3) is 0 Å². The van der Waals surface area contributed by atoms with Gasteiger partial charge in [0, 0.05) is 13.6 Å². The Bertz CT molecular complexity index is 195. The summed E-state index contributed by atoms with van der Waals surface area (Å²) < 4.78 is 0. The highest BCUT2D eigenvalue weighted by atomic mass is 79.9. The number of alkyl halides is 1. The van der Waals surface area contributed by atoms with Crippen LogP contribution in [0.3, 0.4) is 0 Å². The summed E-state index contributed by atoms with van der Waals surface area (Å²) in [7, 11) is 1.70. The smallest absolute Gasteiger partial charge is 0.241 e. The number of nitrogens with one attached hydrogen (secondary N) is 1. The van der Waals surface area contributed by atoms with E-state index < -0.39 is 0 Å². The molecule has 0 aromatic rings. The van der Waals surface area contributed by atoms with E-state index >= 15 is 0 Å². The molecular weight excluding hydrogens is 236 g/mol. The fourth-order valence-electron chi connectivity index (χ4n) is 0.615. The van der Waals surface area contributed by atoms with Crippen molar-refractivity contribution in [1.82, 2.24) is 10.2 Å². The van der Waals surface area contributed by atoms with Crippen molar-refractivity contribution >= 4 is 27.7 Å². The van der Waals surface area contributed by atoms with E-state index in [4.69, 9.17) is 0 Å². The topological polar surface area (TPSA) is 49.4 Å². The third-order valence-electron chi connectivity index (χ3n) is 1.68. The largest absolute Gasteiger partial charge is 0.346 e. The van der Waals surface area contributed by atoms with Crippen LogP contribution in [0.5, 0.6) is 0 Å². The standard InChI is InChI=1S/C8H15BrN2O2/c1-4-11(3)7(12)5-10-8(13)6(2)9/h6H,4-5H2,1-3H3,(H,10,13). The Morgan fingerprint density at radius 3 is 2.46 bits per heavy atom. The number of hydrogen-bond acceptors (Lipinski definition) is 2. The molecule has 0 aliphatic heterocycles. The Balaban J connectivity index is 3.77. The van der Waals surface area contributed by atoms with E-state index in [9.17, 15) is 9.59 Å². The molecule has 0 aliphatic carbocycles. The SMILES string of the molecule is CCN(C)C(=O)CNC(=O)C(C)Br. The van der Waals surface area contributed by atoms with Crippen LogP contribution in [0.4, 0.5) is 0 Å². The highest BCUT2D eigenvalue weighted by molar-refractivity contribution is 9.10. The van der Waals surface area contributed by atoms with E-state index in [1.54, 1.807) is 18.9 Å². The van der Waals surface area contributed by atoms with Gasteiger partial charge >= 0.3 is 0 Å². The fourth-order valence-corrected chi connectivity index (χ4v) is 0.777. The Morgan fingerprint density at radius 2 is 2.08 bits per heavy atom. The first-order valence-electron chi connectivity index (χ1n) is 4.14. The van der Waals surface area contributed by atoms with Crippen molar-refractivity contribution in [2.45, 2.75) is 18.7 Å². The highest BCUT2D eigenvalue weighted by Crippen LogP contribution is 1.95. The predicted molar refractivity (Wildman–Crippen MR) is 54.7 cm³/mol. The van der Waals surface area contributed by atoms with Crippen LogP contribution in [0, 0.1) is 0 Å². The number of hydrogen-bond donors (Lipinski definition) is 1. The maximum Gasteiger partial charge on any atom is 0.241 e. The molecule has 2 amide bonds. The van der Waals surface area contributed by atoms with E-state index in [1.165, 1.54) is 0 Å². The lowest BCUT2D eigenvalue weighted by atomic mass is 10.4. The second-order valence-corrected chi connectivity index (χ2v) is 4.12. The van der Waals surface area contributed by atoms with Gasteiger partial charge in [0.15, 0.2) is 0 Å². The van der Waals surface area contributed by atoms with Crippen molar-refractivity contribution in [1.29, 1.82) is 0 Å². The minimum Gasteiger partial charge on any atom is -0.346 e. The van der Waals surface area contributed by atoms with Gasteiger partial charge in [0.2, 0.25) is 11.8 Å². The maximum atomic E-state index is 11.2. The van der Waals surface area contributed by atoms with Crippen molar-refractivity contribution < 1.29 is 9.59 Å². The lowest BCUT2D eigenvalue weighted by Crippen LogP contribution is -2.40. The molecule has 0 aromatic carbocycles. The molecular formula is C8H15BrN2O2. The molecule has 0 aliphatic rings.